The summed E-state index contributed by atoms with van der Waals surface area (Å²) in [5, 5.41) is 5.88. The summed E-state index contributed by atoms with van der Waals surface area (Å²) in [6.45, 7) is 6.65. The van der Waals surface area contributed by atoms with Gasteiger partial charge in [-0.15, -0.1) is 0 Å². The maximum absolute atomic E-state index is 12.3. The van der Waals surface area contributed by atoms with E-state index in [4.69, 9.17) is 4.74 Å². The monoisotopic (exact) mass is 361 g/mol. The van der Waals surface area contributed by atoms with Gasteiger partial charge in [0.15, 0.2) is 0 Å². The van der Waals surface area contributed by atoms with Crippen molar-refractivity contribution in [2.24, 2.45) is 0 Å². The number of nitrogens with one attached hydrogen (secondary N) is 2. The number of urea groups is 1. The molecule has 1 saturated heterocycles. The maximum Gasteiger partial charge on any atom is 0.317 e. The summed E-state index contributed by atoms with van der Waals surface area (Å²) in [6.07, 6.45) is 2.80. The Kier molecular flexibility index (Phi) is 7.91. The molecule has 1 heterocycles. The topological polar surface area (TPSA) is 70.7 Å². The van der Waals surface area contributed by atoms with Crippen LogP contribution in [-0.4, -0.2) is 56.2 Å². The Morgan fingerprint density at radius 2 is 2.15 bits per heavy atom. The van der Waals surface area contributed by atoms with E-state index in [1.807, 2.05) is 36.9 Å². The number of nitrogens with zero attached hydrogens (tertiary/aromatic N) is 1. The number of hydrogen-bond acceptors (Lipinski definition) is 3. The third-order valence-electron chi connectivity index (χ3n) is 4.55. The minimum absolute atomic E-state index is 0.00302. The molecule has 6 heteroatoms. The van der Waals surface area contributed by atoms with Gasteiger partial charge in [-0.2, -0.15) is 0 Å². The second kappa shape index (κ2) is 10.2. The molecule has 0 aliphatic carbocycles. The number of rotatable bonds is 7. The molecule has 26 heavy (non-hydrogen) atoms. The molecule has 0 bridgehead atoms. The van der Waals surface area contributed by atoms with Gasteiger partial charge in [-0.25, -0.2) is 4.79 Å². The van der Waals surface area contributed by atoms with Gasteiger partial charge in [0.2, 0.25) is 0 Å². The van der Waals surface area contributed by atoms with Crippen LogP contribution in [0.4, 0.5) is 4.79 Å². The number of benzene rings is 1. The first-order valence-corrected chi connectivity index (χ1v) is 9.43. The first kappa shape index (κ1) is 20.2. The molecule has 3 amide bonds. The lowest BCUT2D eigenvalue weighted by Gasteiger charge is -2.33. The second-order valence-corrected chi connectivity index (χ2v) is 7.12. The standard InChI is InChI=1S/C20H31N3O3/c1-15(2)22-20(25)23-11-5-9-18(14-23)16-7-4-8-17(13-16)19(24)21-10-6-12-26-3/h4,7-8,13,15,18H,5-6,9-12,14H2,1-3H3,(H,21,24)(H,22,25). The molecule has 2 rings (SSSR count). The van der Waals surface area contributed by atoms with Crippen LogP contribution in [0, 0.1) is 0 Å². The van der Waals surface area contributed by atoms with Crippen LogP contribution < -0.4 is 10.6 Å². The fourth-order valence-corrected chi connectivity index (χ4v) is 3.23. The van der Waals surface area contributed by atoms with Crippen LogP contribution >= 0.6 is 0 Å². The molecule has 1 atom stereocenters. The quantitative estimate of drug-likeness (QED) is 0.734. The van der Waals surface area contributed by atoms with Gasteiger partial charge in [0.25, 0.3) is 5.91 Å². The molecule has 2 N–H and O–H groups in total. The Morgan fingerprint density at radius 3 is 2.88 bits per heavy atom. The van der Waals surface area contributed by atoms with Gasteiger partial charge >= 0.3 is 6.03 Å². The molecule has 144 valence electrons. The fraction of sp³-hybridized carbons (Fsp3) is 0.600. The van der Waals surface area contributed by atoms with Crippen molar-refractivity contribution in [1.29, 1.82) is 0 Å². The Bertz CT molecular complexity index is 604. The van der Waals surface area contributed by atoms with E-state index in [0.29, 0.717) is 25.3 Å². The van der Waals surface area contributed by atoms with Gasteiger partial charge in [-0.05, 0) is 50.8 Å². The third kappa shape index (κ3) is 6.02. The van der Waals surface area contributed by atoms with Crippen LogP contribution in [0.1, 0.15) is 54.9 Å². The first-order chi connectivity index (χ1) is 12.5. The average Bonchev–Trinajstić information content (AvgIpc) is 2.65. The van der Waals surface area contributed by atoms with Crippen LogP contribution in [0.5, 0.6) is 0 Å². The minimum Gasteiger partial charge on any atom is -0.385 e. The predicted octanol–water partition coefficient (Wildman–Crippen LogP) is 2.75. The van der Waals surface area contributed by atoms with E-state index < -0.39 is 0 Å². The Labute approximate surface area is 156 Å². The molecule has 0 radical (unpaired) electrons. The summed E-state index contributed by atoms with van der Waals surface area (Å²) >= 11 is 0. The number of methoxy groups -OCH3 is 1. The molecule has 0 saturated carbocycles. The molecule has 1 aromatic carbocycles. The van der Waals surface area contributed by atoms with Crippen molar-refractivity contribution in [3.63, 3.8) is 0 Å². The van der Waals surface area contributed by atoms with E-state index in [9.17, 15) is 9.59 Å². The van der Waals surface area contributed by atoms with Crippen LogP contribution in [0.25, 0.3) is 0 Å². The SMILES string of the molecule is COCCCNC(=O)c1cccc(C2CCCN(C(=O)NC(C)C)C2)c1. The number of likely N-dealkylation sites (tertiary alicyclic amines) is 1. The van der Waals surface area contributed by atoms with Gasteiger partial charge in [0.05, 0.1) is 0 Å². The summed E-state index contributed by atoms with van der Waals surface area (Å²) in [5.74, 6) is 0.205. The largest absolute Gasteiger partial charge is 0.385 e. The second-order valence-electron chi connectivity index (χ2n) is 7.12. The number of carbonyl (C=O) groups is 2. The number of hydrogen-bond donors (Lipinski definition) is 2. The highest BCUT2D eigenvalue weighted by atomic mass is 16.5. The smallest absolute Gasteiger partial charge is 0.317 e. The third-order valence-corrected chi connectivity index (χ3v) is 4.55. The van der Waals surface area contributed by atoms with E-state index in [-0.39, 0.29) is 23.9 Å². The summed E-state index contributed by atoms with van der Waals surface area (Å²) < 4.78 is 4.99. The van der Waals surface area contributed by atoms with Gasteiger partial charge in [0.1, 0.15) is 0 Å². The molecule has 0 spiro atoms. The van der Waals surface area contributed by atoms with Gasteiger partial charge < -0.3 is 20.3 Å². The first-order valence-electron chi connectivity index (χ1n) is 9.43. The molecule has 6 nitrogen and oxygen atoms in total. The number of carbonyl (C=O) groups excluding carboxylic acids is 2. The van der Waals surface area contributed by atoms with E-state index in [1.54, 1.807) is 7.11 Å². The molecule has 1 aliphatic rings. The highest BCUT2D eigenvalue weighted by molar-refractivity contribution is 5.94. The van der Waals surface area contributed by atoms with Crippen molar-refractivity contribution in [2.75, 3.05) is 33.4 Å². The van der Waals surface area contributed by atoms with Crippen molar-refractivity contribution in [3.8, 4) is 0 Å². The summed E-state index contributed by atoms with van der Waals surface area (Å²) in [7, 11) is 1.65. The normalized spacial score (nSPS) is 17.2. The predicted molar refractivity (Wildman–Crippen MR) is 102 cm³/mol. The lowest BCUT2D eigenvalue weighted by Crippen LogP contribution is -2.47. The molecule has 0 aromatic heterocycles. The summed E-state index contributed by atoms with van der Waals surface area (Å²) in [6, 6.07) is 7.90. The Morgan fingerprint density at radius 1 is 1.35 bits per heavy atom. The fourth-order valence-electron chi connectivity index (χ4n) is 3.23. The molecule has 1 fully saturated rings. The summed E-state index contributed by atoms with van der Waals surface area (Å²) in [5.41, 5.74) is 1.79. The van der Waals surface area contributed by atoms with Crippen LogP contribution in [-0.2, 0) is 4.74 Å². The molecular formula is C20H31N3O3. The van der Waals surface area contributed by atoms with Crippen LogP contribution in [0.15, 0.2) is 24.3 Å². The van der Waals surface area contributed by atoms with Crippen molar-refractivity contribution in [3.05, 3.63) is 35.4 Å². The minimum atomic E-state index is -0.0619. The van der Waals surface area contributed by atoms with Crippen molar-refractivity contribution < 1.29 is 14.3 Å². The van der Waals surface area contributed by atoms with Crippen molar-refractivity contribution >= 4 is 11.9 Å². The number of amides is 3. The number of piperidine rings is 1. The van der Waals surface area contributed by atoms with E-state index in [0.717, 1.165) is 31.4 Å². The van der Waals surface area contributed by atoms with Crippen molar-refractivity contribution in [1.82, 2.24) is 15.5 Å². The van der Waals surface area contributed by atoms with E-state index in [1.165, 1.54) is 0 Å². The molecule has 1 unspecified atom stereocenters. The van der Waals surface area contributed by atoms with Crippen LogP contribution in [0.2, 0.25) is 0 Å². The zero-order chi connectivity index (χ0) is 18.9. The van der Waals surface area contributed by atoms with Crippen LogP contribution in [0.3, 0.4) is 0 Å². The van der Waals surface area contributed by atoms with Gasteiger partial charge in [0, 0.05) is 50.9 Å². The number of ether oxygens (including phenoxy) is 1. The highest BCUT2D eigenvalue weighted by Gasteiger charge is 2.25. The Hall–Kier alpha value is -2.08. The maximum atomic E-state index is 12.3. The zero-order valence-electron chi connectivity index (χ0n) is 16.1. The Balaban J connectivity index is 1.97. The zero-order valence-corrected chi connectivity index (χ0v) is 16.1. The van der Waals surface area contributed by atoms with Gasteiger partial charge in [-0.1, -0.05) is 12.1 Å². The molecule has 1 aliphatic heterocycles. The van der Waals surface area contributed by atoms with E-state index in [2.05, 4.69) is 16.7 Å². The lowest BCUT2D eigenvalue weighted by molar-refractivity contribution is 0.0948. The highest BCUT2D eigenvalue weighted by Crippen LogP contribution is 2.27. The van der Waals surface area contributed by atoms with Crippen molar-refractivity contribution in [2.45, 2.75) is 45.1 Å². The van der Waals surface area contributed by atoms with Gasteiger partial charge in [-0.3, -0.25) is 4.79 Å². The van der Waals surface area contributed by atoms with E-state index >= 15 is 0 Å². The molecule has 1 aromatic rings. The lowest BCUT2D eigenvalue weighted by atomic mass is 9.89. The summed E-state index contributed by atoms with van der Waals surface area (Å²) in [4.78, 5) is 26.5. The molecular weight excluding hydrogens is 330 g/mol. The average molecular weight is 361 g/mol.